The molecule has 15 heavy (non-hydrogen) atoms. The zero-order valence-corrected chi connectivity index (χ0v) is 9.16. The second-order valence-corrected chi connectivity index (χ2v) is 4.77. The Morgan fingerprint density at radius 3 is 2.40 bits per heavy atom. The third-order valence-corrected chi connectivity index (χ3v) is 3.17. The van der Waals surface area contributed by atoms with E-state index in [4.69, 9.17) is 10.00 Å². The first-order chi connectivity index (χ1) is 7.10. The quantitative estimate of drug-likeness (QED) is 0.753. The van der Waals surface area contributed by atoms with E-state index in [1.54, 1.807) is 0 Å². The van der Waals surface area contributed by atoms with E-state index in [9.17, 15) is 0 Å². The SMILES string of the molecule is CC1(C)CC1(C#N)OCc1ccccc1. The Labute approximate surface area is 90.5 Å². The second-order valence-electron chi connectivity index (χ2n) is 4.77. The Morgan fingerprint density at radius 2 is 1.93 bits per heavy atom. The Balaban J connectivity index is 1.98. The van der Waals surface area contributed by atoms with Crippen LogP contribution in [0.25, 0.3) is 0 Å². The first-order valence-corrected chi connectivity index (χ1v) is 5.19. The van der Waals surface area contributed by atoms with Crippen molar-refractivity contribution in [3.63, 3.8) is 0 Å². The van der Waals surface area contributed by atoms with Gasteiger partial charge < -0.3 is 4.74 Å². The average Bonchev–Trinajstić information content (AvgIpc) is 2.80. The Hall–Kier alpha value is -1.33. The molecule has 1 aromatic carbocycles. The van der Waals surface area contributed by atoms with E-state index in [1.165, 1.54) is 0 Å². The summed E-state index contributed by atoms with van der Waals surface area (Å²) in [6.45, 7) is 4.67. The van der Waals surface area contributed by atoms with Crippen molar-refractivity contribution in [2.24, 2.45) is 5.41 Å². The summed E-state index contributed by atoms with van der Waals surface area (Å²) in [7, 11) is 0. The molecule has 1 aliphatic carbocycles. The minimum atomic E-state index is -0.553. The Kier molecular flexibility index (Phi) is 2.28. The van der Waals surface area contributed by atoms with Crippen LogP contribution in [-0.4, -0.2) is 5.60 Å². The smallest absolute Gasteiger partial charge is 0.160 e. The number of rotatable bonds is 3. The summed E-state index contributed by atoms with van der Waals surface area (Å²) in [6, 6.07) is 12.3. The predicted octanol–water partition coefficient (Wildman–Crippen LogP) is 2.90. The van der Waals surface area contributed by atoms with Gasteiger partial charge in [0.25, 0.3) is 0 Å². The van der Waals surface area contributed by atoms with Gasteiger partial charge in [-0.2, -0.15) is 5.26 Å². The molecule has 0 spiro atoms. The predicted molar refractivity (Wildman–Crippen MR) is 58.0 cm³/mol. The molecule has 78 valence electrons. The van der Waals surface area contributed by atoms with E-state index in [-0.39, 0.29) is 5.41 Å². The largest absolute Gasteiger partial charge is 0.355 e. The van der Waals surface area contributed by atoms with Gasteiger partial charge in [0.15, 0.2) is 5.60 Å². The van der Waals surface area contributed by atoms with Crippen LogP contribution in [-0.2, 0) is 11.3 Å². The highest BCUT2D eigenvalue weighted by molar-refractivity contribution is 5.26. The lowest BCUT2D eigenvalue weighted by atomic mass is 10.1. The summed E-state index contributed by atoms with van der Waals surface area (Å²) in [6.07, 6.45) is 0.837. The van der Waals surface area contributed by atoms with Crippen molar-refractivity contribution in [2.45, 2.75) is 32.5 Å². The topological polar surface area (TPSA) is 33.0 Å². The lowest BCUT2D eigenvalue weighted by Crippen LogP contribution is -2.18. The highest BCUT2D eigenvalue weighted by atomic mass is 16.5. The zero-order chi connectivity index (χ0) is 10.9. The fraction of sp³-hybridized carbons (Fsp3) is 0.462. The Morgan fingerprint density at radius 1 is 1.33 bits per heavy atom. The molecule has 1 fully saturated rings. The van der Waals surface area contributed by atoms with Gasteiger partial charge >= 0.3 is 0 Å². The van der Waals surface area contributed by atoms with Crippen molar-refractivity contribution >= 4 is 0 Å². The van der Waals surface area contributed by atoms with E-state index in [0.29, 0.717) is 6.61 Å². The van der Waals surface area contributed by atoms with Crippen LogP contribution >= 0.6 is 0 Å². The molecule has 1 unspecified atom stereocenters. The van der Waals surface area contributed by atoms with Crippen LogP contribution in [0.3, 0.4) is 0 Å². The summed E-state index contributed by atoms with van der Waals surface area (Å²) in [5.74, 6) is 0. The van der Waals surface area contributed by atoms with Crippen LogP contribution in [0.5, 0.6) is 0 Å². The lowest BCUT2D eigenvalue weighted by molar-refractivity contribution is 0.0342. The molecule has 0 N–H and O–H groups in total. The molecule has 1 aliphatic rings. The number of ether oxygens (including phenoxy) is 1. The van der Waals surface area contributed by atoms with Gasteiger partial charge in [0.05, 0.1) is 12.7 Å². The number of benzene rings is 1. The van der Waals surface area contributed by atoms with Gasteiger partial charge in [0.1, 0.15) is 0 Å². The Bertz CT molecular complexity index is 391. The maximum absolute atomic E-state index is 9.10. The molecule has 0 heterocycles. The molecule has 2 nitrogen and oxygen atoms in total. The van der Waals surface area contributed by atoms with Crippen LogP contribution in [0.4, 0.5) is 0 Å². The molecule has 0 radical (unpaired) electrons. The highest BCUT2D eigenvalue weighted by Gasteiger charge is 2.63. The standard InChI is InChI=1S/C13H15NO/c1-12(2)9-13(12,10-14)15-8-11-6-4-3-5-7-11/h3-7H,8-9H2,1-2H3. The maximum Gasteiger partial charge on any atom is 0.160 e. The highest BCUT2D eigenvalue weighted by Crippen LogP contribution is 2.58. The fourth-order valence-corrected chi connectivity index (χ4v) is 1.83. The molecular formula is C13H15NO. The normalized spacial score (nSPS) is 27.0. The van der Waals surface area contributed by atoms with Crippen LogP contribution in [0.1, 0.15) is 25.8 Å². The molecule has 2 rings (SSSR count). The minimum absolute atomic E-state index is 0.0104. The number of hydrogen-bond acceptors (Lipinski definition) is 2. The lowest BCUT2D eigenvalue weighted by Gasteiger charge is -2.13. The summed E-state index contributed by atoms with van der Waals surface area (Å²) < 4.78 is 5.73. The van der Waals surface area contributed by atoms with Crippen molar-refractivity contribution in [2.75, 3.05) is 0 Å². The van der Waals surface area contributed by atoms with E-state index < -0.39 is 5.60 Å². The molecule has 0 aromatic heterocycles. The van der Waals surface area contributed by atoms with Crippen LogP contribution in [0.15, 0.2) is 30.3 Å². The van der Waals surface area contributed by atoms with E-state index >= 15 is 0 Å². The molecular weight excluding hydrogens is 186 g/mol. The fourth-order valence-electron chi connectivity index (χ4n) is 1.83. The molecule has 1 saturated carbocycles. The summed E-state index contributed by atoms with van der Waals surface area (Å²) in [5.41, 5.74) is 0.578. The molecule has 1 atom stereocenters. The molecule has 1 aromatic rings. The molecule has 0 saturated heterocycles. The third kappa shape index (κ3) is 1.75. The maximum atomic E-state index is 9.10. The second kappa shape index (κ2) is 3.36. The molecule has 0 aliphatic heterocycles. The van der Waals surface area contributed by atoms with Crippen LogP contribution in [0.2, 0.25) is 0 Å². The van der Waals surface area contributed by atoms with Gasteiger partial charge in [-0.3, -0.25) is 0 Å². The van der Waals surface area contributed by atoms with Gasteiger partial charge in [-0.05, 0) is 12.0 Å². The summed E-state index contributed by atoms with van der Waals surface area (Å²) >= 11 is 0. The van der Waals surface area contributed by atoms with Crippen molar-refractivity contribution in [3.05, 3.63) is 35.9 Å². The first-order valence-electron chi connectivity index (χ1n) is 5.19. The van der Waals surface area contributed by atoms with E-state index in [1.807, 2.05) is 30.3 Å². The van der Waals surface area contributed by atoms with Gasteiger partial charge in [0, 0.05) is 5.41 Å². The zero-order valence-electron chi connectivity index (χ0n) is 9.16. The summed E-state index contributed by atoms with van der Waals surface area (Å²) in [4.78, 5) is 0. The minimum Gasteiger partial charge on any atom is -0.355 e. The van der Waals surface area contributed by atoms with Gasteiger partial charge in [0.2, 0.25) is 0 Å². The first kappa shape index (κ1) is 10.2. The van der Waals surface area contributed by atoms with Crippen molar-refractivity contribution in [1.29, 1.82) is 5.26 Å². The van der Waals surface area contributed by atoms with Gasteiger partial charge in [-0.1, -0.05) is 44.2 Å². The summed E-state index contributed by atoms with van der Waals surface area (Å²) in [5, 5.41) is 9.10. The van der Waals surface area contributed by atoms with Crippen molar-refractivity contribution < 1.29 is 4.74 Å². The average molecular weight is 201 g/mol. The molecule has 2 heteroatoms. The van der Waals surface area contributed by atoms with Crippen LogP contribution < -0.4 is 0 Å². The van der Waals surface area contributed by atoms with E-state index in [0.717, 1.165) is 12.0 Å². The monoisotopic (exact) mass is 201 g/mol. The number of hydrogen-bond donors (Lipinski definition) is 0. The molecule has 0 amide bonds. The van der Waals surface area contributed by atoms with E-state index in [2.05, 4.69) is 19.9 Å². The van der Waals surface area contributed by atoms with Gasteiger partial charge in [-0.25, -0.2) is 0 Å². The van der Waals surface area contributed by atoms with Gasteiger partial charge in [-0.15, -0.1) is 0 Å². The third-order valence-electron chi connectivity index (χ3n) is 3.17. The number of nitrogens with zero attached hydrogens (tertiary/aromatic N) is 1. The van der Waals surface area contributed by atoms with Crippen molar-refractivity contribution in [3.8, 4) is 6.07 Å². The molecule has 0 bridgehead atoms. The van der Waals surface area contributed by atoms with Crippen LogP contribution in [0, 0.1) is 16.7 Å². The number of nitriles is 1. The van der Waals surface area contributed by atoms with Crippen molar-refractivity contribution in [1.82, 2.24) is 0 Å².